The van der Waals surface area contributed by atoms with Gasteiger partial charge in [0, 0.05) is 31.0 Å². The van der Waals surface area contributed by atoms with Crippen LogP contribution in [0.2, 0.25) is 0 Å². The zero-order valence-corrected chi connectivity index (χ0v) is 19.8. The van der Waals surface area contributed by atoms with E-state index in [4.69, 9.17) is 4.74 Å². The Bertz CT molecular complexity index is 1300. The minimum Gasteiger partial charge on any atom is -0.457 e. The summed E-state index contributed by atoms with van der Waals surface area (Å²) in [6, 6.07) is 5.47. The number of likely N-dealkylation sites (tertiary alicyclic amines) is 1. The van der Waals surface area contributed by atoms with Gasteiger partial charge in [-0.3, -0.25) is 9.78 Å². The first-order valence-electron chi connectivity index (χ1n) is 11.7. The van der Waals surface area contributed by atoms with Crippen molar-refractivity contribution in [3.05, 3.63) is 52.8 Å². The van der Waals surface area contributed by atoms with Crippen LogP contribution in [-0.2, 0) is 16.1 Å². The SMILES string of the molecule is Cc1c([C@@H](O)CN2CCC3(CC2)CCN(c2snc4ccncc24)C3=O)ccc2c1COC2=O. The summed E-state index contributed by atoms with van der Waals surface area (Å²) in [5, 5.41) is 12.8. The molecule has 1 spiro atoms. The first-order chi connectivity index (χ1) is 16.5. The molecule has 34 heavy (non-hydrogen) atoms. The Morgan fingerprint density at radius 1 is 1.18 bits per heavy atom. The molecule has 3 aliphatic heterocycles. The average molecular weight is 479 g/mol. The van der Waals surface area contributed by atoms with Gasteiger partial charge < -0.3 is 19.6 Å². The Kier molecular flexibility index (Phi) is 5.16. The molecule has 1 amide bonds. The second kappa shape index (κ2) is 8.11. The lowest BCUT2D eigenvalue weighted by molar-refractivity contribution is -0.128. The van der Waals surface area contributed by atoms with Crippen LogP contribution in [0.3, 0.4) is 0 Å². The van der Waals surface area contributed by atoms with Gasteiger partial charge in [-0.15, -0.1) is 0 Å². The molecular weight excluding hydrogens is 452 g/mol. The summed E-state index contributed by atoms with van der Waals surface area (Å²) in [7, 11) is 0. The van der Waals surface area contributed by atoms with Crippen molar-refractivity contribution >= 4 is 39.3 Å². The van der Waals surface area contributed by atoms with Crippen molar-refractivity contribution in [2.45, 2.75) is 38.9 Å². The van der Waals surface area contributed by atoms with Crippen LogP contribution in [0.5, 0.6) is 0 Å². The molecule has 0 aliphatic carbocycles. The molecule has 3 aromatic rings. The standard InChI is InChI=1S/C25H26N4O4S/c1-15-16(2-3-17-19(15)14-33-23(17)31)21(30)13-28-9-5-25(6-10-28)7-11-29(24(25)32)22-18-12-26-8-4-20(18)27-34-22/h2-4,8,12,21,30H,5-7,9-11,13-14H2,1H3/t21-/m0/s1. The van der Waals surface area contributed by atoms with Crippen LogP contribution in [-0.4, -0.2) is 57.4 Å². The molecule has 0 radical (unpaired) electrons. The van der Waals surface area contributed by atoms with Crippen LogP contribution in [0.4, 0.5) is 5.00 Å². The maximum atomic E-state index is 13.5. The lowest BCUT2D eigenvalue weighted by atomic mass is 9.77. The highest BCUT2D eigenvalue weighted by Gasteiger charge is 2.49. The number of cyclic esters (lactones) is 1. The number of hydrogen-bond acceptors (Lipinski definition) is 8. The summed E-state index contributed by atoms with van der Waals surface area (Å²) in [5.74, 6) is -0.0976. The maximum Gasteiger partial charge on any atom is 0.338 e. The average Bonchev–Trinajstić information content (AvgIpc) is 3.53. The fourth-order valence-corrected chi connectivity index (χ4v) is 6.55. The van der Waals surface area contributed by atoms with Gasteiger partial charge in [-0.1, -0.05) is 6.07 Å². The number of pyridine rings is 1. The Morgan fingerprint density at radius 3 is 2.79 bits per heavy atom. The third-order valence-electron chi connectivity index (χ3n) is 7.83. The van der Waals surface area contributed by atoms with E-state index in [2.05, 4.69) is 14.3 Å². The summed E-state index contributed by atoms with van der Waals surface area (Å²) in [5.41, 5.74) is 3.79. The summed E-state index contributed by atoms with van der Waals surface area (Å²) in [6.45, 7) is 4.97. The highest BCUT2D eigenvalue weighted by molar-refractivity contribution is 7.12. The van der Waals surface area contributed by atoms with Gasteiger partial charge in [0.1, 0.15) is 11.6 Å². The highest BCUT2D eigenvalue weighted by atomic mass is 32.1. The van der Waals surface area contributed by atoms with Crippen LogP contribution in [0.25, 0.3) is 10.9 Å². The quantitative estimate of drug-likeness (QED) is 0.575. The van der Waals surface area contributed by atoms with Gasteiger partial charge in [0.25, 0.3) is 0 Å². The summed E-state index contributed by atoms with van der Waals surface area (Å²) < 4.78 is 9.62. The van der Waals surface area contributed by atoms with E-state index >= 15 is 0 Å². The van der Waals surface area contributed by atoms with Crippen LogP contribution in [0, 0.1) is 12.3 Å². The number of piperidine rings is 1. The molecule has 3 aliphatic rings. The fraction of sp³-hybridized carbons (Fsp3) is 0.440. The molecule has 0 bridgehead atoms. The van der Waals surface area contributed by atoms with E-state index in [0.29, 0.717) is 18.7 Å². The number of rotatable bonds is 4. The molecule has 8 nitrogen and oxygen atoms in total. The first-order valence-corrected chi connectivity index (χ1v) is 12.5. The number of ether oxygens (including phenoxy) is 1. The molecule has 1 atom stereocenters. The molecule has 9 heteroatoms. The summed E-state index contributed by atoms with van der Waals surface area (Å²) in [4.78, 5) is 33.7. The number of anilines is 1. The Balaban J connectivity index is 1.13. The molecule has 0 unspecified atom stereocenters. The van der Waals surface area contributed by atoms with Gasteiger partial charge in [0.15, 0.2) is 0 Å². The van der Waals surface area contributed by atoms with Gasteiger partial charge in [-0.25, -0.2) is 4.79 Å². The van der Waals surface area contributed by atoms with Crippen LogP contribution in [0.15, 0.2) is 30.6 Å². The molecule has 5 heterocycles. The molecule has 2 saturated heterocycles. The molecule has 6 rings (SSSR count). The monoisotopic (exact) mass is 478 g/mol. The third-order valence-corrected chi connectivity index (χ3v) is 8.73. The third kappa shape index (κ3) is 3.33. The van der Waals surface area contributed by atoms with Crippen molar-refractivity contribution in [1.29, 1.82) is 0 Å². The number of β-amino-alcohol motifs (C(OH)–C–C–N with tert-alkyl or cyclic N) is 1. The van der Waals surface area contributed by atoms with Gasteiger partial charge in [0.2, 0.25) is 5.91 Å². The van der Waals surface area contributed by atoms with Gasteiger partial charge in [-0.2, -0.15) is 4.37 Å². The van der Waals surface area contributed by atoms with Gasteiger partial charge in [-0.05, 0) is 74.1 Å². The van der Waals surface area contributed by atoms with Crippen molar-refractivity contribution in [2.75, 3.05) is 31.1 Å². The van der Waals surface area contributed by atoms with E-state index in [1.807, 2.05) is 24.0 Å². The number of aliphatic hydroxyl groups is 1. The molecule has 176 valence electrons. The number of aliphatic hydroxyl groups excluding tert-OH is 1. The predicted octanol–water partition coefficient (Wildman–Crippen LogP) is 3.22. The molecule has 2 aromatic heterocycles. The topological polar surface area (TPSA) is 95.9 Å². The number of fused-ring (bicyclic) bond motifs is 2. The summed E-state index contributed by atoms with van der Waals surface area (Å²) in [6.07, 6.45) is 5.28. The van der Waals surface area contributed by atoms with Gasteiger partial charge in [0.05, 0.1) is 28.0 Å². The number of amides is 1. The number of carbonyl (C=O) groups is 2. The first kappa shape index (κ1) is 21.6. The van der Waals surface area contributed by atoms with Gasteiger partial charge >= 0.3 is 5.97 Å². The Hall–Kier alpha value is -2.88. The molecule has 1 N–H and O–H groups in total. The lowest BCUT2D eigenvalue weighted by Gasteiger charge is -2.38. The molecule has 2 fully saturated rings. The molecule has 1 aromatic carbocycles. The normalized spacial score (nSPS) is 20.8. The number of nitrogens with zero attached hydrogens (tertiary/aromatic N) is 4. The largest absolute Gasteiger partial charge is 0.457 e. The van der Waals surface area contributed by atoms with E-state index in [9.17, 15) is 14.7 Å². The van der Waals surface area contributed by atoms with E-state index in [1.165, 1.54) is 11.5 Å². The number of carbonyl (C=O) groups excluding carboxylic acids is 2. The maximum absolute atomic E-state index is 13.5. The minimum atomic E-state index is -0.651. The van der Waals surface area contributed by atoms with Crippen molar-refractivity contribution in [1.82, 2.24) is 14.3 Å². The van der Waals surface area contributed by atoms with Crippen LogP contribution in [0.1, 0.15) is 52.4 Å². The second-order valence-corrected chi connectivity index (χ2v) is 10.3. The predicted molar refractivity (Wildman–Crippen MR) is 128 cm³/mol. The Morgan fingerprint density at radius 2 is 1.97 bits per heavy atom. The number of aromatic nitrogens is 2. The fourth-order valence-electron chi connectivity index (χ4n) is 5.68. The lowest BCUT2D eigenvalue weighted by Crippen LogP contribution is -2.45. The van der Waals surface area contributed by atoms with E-state index < -0.39 is 6.10 Å². The number of benzene rings is 1. The van der Waals surface area contributed by atoms with E-state index in [0.717, 1.165) is 64.9 Å². The zero-order chi connectivity index (χ0) is 23.4. The van der Waals surface area contributed by atoms with Crippen LogP contribution < -0.4 is 4.90 Å². The number of esters is 1. The van der Waals surface area contributed by atoms with E-state index in [-0.39, 0.29) is 23.9 Å². The van der Waals surface area contributed by atoms with Crippen molar-refractivity contribution in [3.8, 4) is 0 Å². The number of hydrogen-bond donors (Lipinski definition) is 1. The van der Waals surface area contributed by atoms with Crippen molar-refractivity contribution < 1.29 is 19.4 Å². The van der Waals surface area contributed by atoms with E-state index in [1.54, 1.807) is 18.5 Å². The summed E-state index contributed by atoms with van der Waals surface area (Å²) >= 11 is 1.37. The molecule has 0 saturated carbocycles. The smallest absolute Gasteiger partial charge is 0.338 e. The van der Waals surface area contributed by atoms with Crippen molar-refractivity contribution in [3.63, 3.8) is 0 Å². The highest BCUT2D eigenvalue weighted by Crippen LogP contribution is 2.45. The zero-order valence-electron chi connectivity index (χ0n) is 19.0. The Labute approximate surface area is 201 Å². The minimum absolute atomic E-state index is 0.196. The molecular formula is C25H26N4O4S. The van der Waals surface area contributed by atoms with Crippen LogP contribution >= 0.6 is 11.5 Å². The van der Waals surface area contributed by atoms with Crippen molar-refractivity contribution in [2.24, 2.45) is 5.41 Å². The second-order valence-electron chi connectivity index (χ2n) is 9.57.